The first-order valence-electron chi connectivity index (χ1n) is 22.9. The molecule has 0 bridgehead atoms. The number of aromatic nitrogens is 5. The minimum absolute atomic E-state index is 0.124. The number of rotatable bonds is 11. The summed E-state index contributed by atoms with van der Waals surface area (Å²) in [6.07, 6.45) is 7.06. The van der Waals surface area contributed by atoms with Crippen molar-refractivity contribution < 1.29 is 38.1 Å². The number of carbonyl (C=O) groups excluding carboxylic acids is 4. The molecule has 17 nitrogen and oxygen atoms in total. The summed E-state index contributed by atoms with van der Waals surface area (Å²) in [5.41, 5.74) is 6.67. The topological polar surface area (TPSA) is 198 Å². The number of hydrogen-bond acceptors (Lipinski definition) is 10. The Morgan fingerprint density at radius 2 is 1.26 bits per heavy atom. The van der Waals surface area contributed by atoms with Crippen molar-refractivity contribution in [3.63, 3.8) is 0 Å². The summed E-state index contributed by atoms with van der Waals surface area (Å²) < 4.78 is 24.8. The van der Waals surface area contributed by atoms with Crippen LogP contribution in [0.3, 0.4) is 0 Å². The van der Waals surface area contributed by atoms with Gasteiger partial charge in [0.05, 0.1) is 61.3 Å². The van der Waals surface area contributed by atoms with Crippen molar-refractivity contribution in [1.82, 2.24) is 44.9 Å². The third-order valence-corrected chi connectivity index (χ3v) is 13.6. The standard InChI is InChI=1S/C48H59N9O8/c1-26(2)40(53-47(60)62-5)44(58)55-17-7-9-36(55)42-49-24-33(51-42)29-12-14-35-31(21-29)22-38-32-13-11-30(23-39(32)65-46(57(35)38)28-15-19-64-20-16-28)34-25-50-43(52-34)37-10-8-18-56(37)45(59)41(27(3)4)54-48(61)63-6/h11-14,21-28,36-37,40-41,46H,7-10,15-20H2,1-6H3,(H,49,51)(H,50,52)(H,53,60)(H,54,61)/t36-,37-,40-,41-,46?/m0/s1. The first-order valence-corrected chi connectivity index (χ1v) is 22.9. The molecule has 3 aromatic heterocycles. The van der Waals surface area contributed by atoms with Gasteiger partial charge in [-0.05, 0) is 80.7 Å². The van der Waals surface area contributed by atoms with Gasteiger partial charge in [-0.3, -0.25) is 9.59 Å². The van der Waals surface area contributed by atoms with Crippen molar-refractivity contribution in [1.29, 1.82) is 0 Å². The molecular formula is C48H59N9O8. The van der Waals surface area contributed by atoms with Crippen molar-refractivity contribution in [3.05, 3.63) is 66.5 Å². The second-order valence-electron chi connectivity index (χ2n) is 18.3. The van der Waals surface area contributed by atoms with Gasteiger partial charge in [0.1, 0.15) is 29.5 Å². The minimum Gasteiger partial charge on any atom is -0.469 e. The summed E-state index contributed by atoms with van der Waals surface area (Å²) in [6, 6.07) is 13.0. The van der Waals surface area contributed by atoms with Gasteiger partial charge in [0.15, 0.2) is 6.23 Å². The zero-order chi connectivity index (χ0) is 45.5. The second-order valence-corrected chi connectivity index (χ2v) is 18.3. The van der Waals surface area contributed by atoms with Gasteiger partial charge in [-0.25, -0.2) is 19.6 Å². The van der Waals surface area contributed by atoms with Crippen molar-refractivity contribution in [2.75, 3.05) is 40.5 Å². The number of imidazole rings is 2. The fourth-order valence-corrected chi connectivity index (χ4v) is 10.1. The lowest BCUT2D eigenvalue weighted by Gasteiger charge is -2.37. The number of nitrogens with zero attached hydrogens (tertiary/aromatic N) is 5. The smallest absolute Gasteiger partial charge is 0.407 e. The van der Waals surface area contributed by atoms with E-state index in [4.69, 9.17) is 28.9 Å². The van der Waals surface area contributed by atoms with Crippen LogP contribution >= 0.6 is 0 Å². The summed E-state index contributed by atoms with van der Waals surface area (Å²) in [7, 11) is 2.59. The number of fused-ring (bicyclic) bond motifs is 5. The highest BCUT2D eigenvalue weighted by atomic mass is 16.5. The van der Waals surface area contributed by atoms with E-state index in [0.29, 0.717) is 38.0 Å². The van der Waals surface area contributed by atoms with Crippen LogP contribution in [-0.4, -0.2) is 111 Å². The molecule has 3 saturated heterocycles. The predicted molar refractivity (Wildman–Crippen MR) is 241 cm³/mol. The number of alkyl carbamates (subject to hydrolysis) is 2. The molecule has 5 atom stereocenters. The molecule has 7 heterocycles. The zero-order valence-corrected chi connectivity index (χ0v) is 37.9. The molecule has 0 aliphatic carbocycles. The summed E-state index contributed by atoms with van der Waals surface area (Å²) in [6.45, 7) is 10.1. The summed E-state index contributed by atoms with van der Waals surface area (Å²) in [5.74, 6) is 1.88. The van der Waals surface area contributed by atoms with Crippen molar-refractivity contribution in [2.45, 2.75) is 96.6 Å². The third kappa shape index (κ3) is 8.41. The van der Waals surface area contributed by atoms with Crippen LogP contribution in [0.1, 0.15) is 96.2 Å². The van der Waals surface area contributed by atoms with E-state index in [1.54, 1.807) is 0 Å². The molecule has 0 saturated carbocycles. The van der Waals surface area contributed by atoms with E-state index < -0.39 is 24.3 Å². The van der Waals surface area contributed by atoms with Crippen molar-refractivity contribution >= 4 is 34.9 Å². The van der Waals surface area contributed by atoms with Crippen molar-refractivity contribution in [3.8, 4) is 39.5 Å². The van der Waals surface area contributed by atoms with Crippen LogP contribution in [0.2, 0.25) is 0 Å². The number of hydrogen-bond donors (Lipinski definition) is 4. The fourth-order valence-electron chi connectivity index (χ4n) is 10.1. The quantitative estimate of drug-likeness (QED) is 0.103. The Hall–Kier alpha value is -6.36. The van der Waals surface area contributed by atoms with E-state index in [-0.39, 0.29) is 47.9 Å². The number of aromatic amines is 2. The molecule has 5 aromatic rings. The molecule has 4 aliphatic heterocycles. The lowest BCUT2D eigenvalue weighted by atomic mass is 9.96. The number of carbonyl (C=O) groups is 4. The number of likely N-dealkylation sites (tertiary alicyclic amines) is 2. The molecule has 1 unspecified atom stereocenters. The summed E-state index contributed by atoms with van der Waals surface area (Å²) in [5, 5.41) is 6.51. The number of methoxy groups -OCH3 is 2. The Labute approximate surface area is 377 Å². The van der Waals surface area contributed by atoms with E-state index in [2.05, 4.69) is 67.6 Å². The van der Waals surface area contributed by atoms with Gasteiger partial charge in [-0.2, -0.15) is 0 Å². The monoisotopic (exact) mass is 889 g/mol. The first-order chi connectivity index (χ1) is 31.4. The maximum absolute atomic E-state index is 13.8. The van der Waals surface area contributed by atoms with Gasteiger partial charge >= 0.3 is 12.2 Å². The maximum atomic E-state index is 13.8. The van der Waals surface area contributed by atoms with E-state index in [0.717, 1.165) is 88.9 Å². The predicted octanol–water partition coefficient (Wildman–Crippen LogP) is 7.49. The van der Waals surface area contributed by atoms with E-state index >= 15 is 0 Å². The fraction of sp³-hybridized carbons (Fsp3) is 0.500. The molecule has 0 spiro atoms. The molecule has 4 N–H and O–H groups in total. The average molecular weight is 890 g/mol. The van der Waals surface area contributed by atoms with Gasteiger partial charge in [-0.1, -0.05) is 39.8 Å². The van der Waals surface area contributed by atoms with Crippen LogP contribution in [0.25, 0.3) is 44.7 Å². The number of benzene rings is 2. The van der Waals surface area contributed by atoms with Crippen LogP contribution in [0.5, 0.6) is 5.75 Å². The molecule has 4 aliphatic rings. The summed E-state index contributed by atoms with van der Waals surface area (Å²) >= 11 is 0. The maximum Gasteiger partial charge on any atom is 0.407 e. The van der Waals surface area contributed by atoms with Crippen LogP contribution in [-0.2, 0) is 23.8 Å². The SMILES string of the molecule is COC(=O)N[C@H](C(=O)N1CCC[C@H]1c1ncc(-c2ccc3c(c2)OC(C2CCOCC2)n2c-3cc3cc(-c4cnc([C@@H]5CCCN5C(=O)[C@@H](NC(=O)OC)C(C)C)[nH]4)ccc32)[nH]1)C(C)C. The lowest BCUT2D eigenvalue weighted by molar-refractivity contribution is -0.136. The van der Waals surface area contributed by atoms with Crippen molar-refractivity contribution in [2.24, 2.45) is 17.8 Å². The molecule has 9 rings (SSSR count). The van der Waals surface area contributed by atoms with E-state index in [1.807, 2.05) is 49.9 Å². The summed E-state index contributed by atoms with van der Waals surface area (Å²) in [4.78, 5) is 72.0. The number of amides is 4. The normalized spacial score (nSPS) is 20.6. The Kier molecular flexibility index (Phi) is 12.3. The van der Waals surface area contributed by atoms with Crippen LogP contribution in [0.15, 0.2) is 54.9 Å². The number of H-pyrrole nitrogens is 2. The average Bonchev–Trinajstić information content (AvgIpc) is 4.18. The molecule has 17 heteroatoms. The van der Waals surface area contributed by atoms with E-state index in [1.165, 1.54) is 14.2 Å². The van der Waals surface area contributed by atoms with Gasteiger partial charge in [0, 0.05) is 54.3 Å². The molecule has 344 valence electrons. The number of nitrogens with one attached hydrogen (secondary N) is 4. The Bertz CT molecular complexity index is 2570. The minimum atomic E-state index is -0.714. The first kappa shape index (κ1) is 43.9. The Balaban J connectivity index is 0.992. The molecule has 2 aromatic carbocycles. The van der Waals surface area contributed by atoms with Crippen LogP contribution in [0, 0.1) is 17.8 Å². The second kappa shape index (κ2) is 18.3. The molecule has 3 fully saturated rings. The molecule has 0 radical (unpaired) electrons. The van der Waals surface area contributed by atoms with Gasteiger partial charge in [0.2, 0.25) is 11.8 Å². The van der Waals surface area contributed by atoms with Crippen LogP contribution < -0.4 is 15.4 Å². The van der Waals surface area contributed by atoms with Gasteiger partial charge in [0.25, 0.3) is 0 Å². The lowest BCUT2D eigenvalue weighted by Crippen LogP contribution is -2.51. The van der Waals surface area contributed by atoms with Gasteiger partial charge in [-0.15, -0.1) is 0 Å². The molecule has 65 heavy (non-hydrogen) atoms. The van der Waals surface area contributed by atoms with E-state index in [9.17, 15) is 19.2 Å². The molecular weight excluding hydrogens is 831 g/mol. The highest BCUT2D eigenvalue weighted by molar-refractivity contribution is 5.92. The molecule has 4 amide bonds. The highest BCUT2D eigenvalue weighted by Crippen LogP contribution is 2.48. The Morgan fingerprint density at radius 3 is 1.80 bits per heavy atom. The third-order valence-electron chi connectivity index (χ3n) is 13.6. The largest absolute Gasteiger partial charge is 0.469 e. The Morgan fingerprint density at radius 1 is 0.723 bits per heavy atom. The van der Waals surface area contributed by atoms with Crippen LogP contribution in [0.4, 0.5) is 9.59 Å². The highest BCUT2D eigenvalue weighted by Gasteiger charge is 2.40. The van der Waals surface area contributed by atoms with Gasteiger partial charge < -0.3 is 53.9 Å². The zero-order valence-electron chi connectivity index (χ0n) is 37.9. The number of ether oxygens (including phenoxy) is 4.